The molecule has 3 aromatic rings. The number of amides is 1. The molecule has 1 aromatic heterocycles. The number of carbonyl (C=O) groups is 1. The van der Waals surface area contributed by atoms with Crippen LogP contribution in [0.15, 0.2) is 42.5 Å². The number of aromatic nitrogens is 2. The summed E-state index contributed by atoms with van der Waals surface area (Å²) in [5, 5.41) is 7.47. The molecule has 2 aromatic carbocycles. The molecule has 4 rings (SSSR count). The molecule has 0 saturated heterocycles. The molecule has 0 fully saturated rings. The van der Waals surface area contributed by atoms with Gasteiger partial charge in [-0.1, -0.05) is 30.3 Å². The third-order valence-corrected chi connectivity index (χ3v) is 6.57. The Hall–Kier alpha value is -2.93. The van der Waals surface area contributed by atoms with Gasteiger partial charge in [0.15, 0.2) is 11.5 Å². The average Bonchev–Trinajstić information content (AvgIpc) is 2.90. The number of benzene rings is 2. The maximum Gasteiger partial charge on any atom is 0.235 e. The van der Waals surface area contributed by atoms with E-state index in [0.717, 1.165) is 28.2 Å². The summed E-state index contributed by atoms with van der Waals surface area (Å²) in [6, 6.07) is 14.2. The lowest BCUT2D eigenvalue weighted by atomic mass is 10.0. The highest BCUT2D eigenvalue weighted by Gasteiger charge is 2.30. The van der Waals surface area contributed by atoms with Crippen LogP contribution in [0.5, 0.6) is 11.5 Å². The lowest BCUT2D eigenvalue weighted by Gasteiger charge is -2.18. The fourth-order valence-electron chi connectivity index (χ4n) is 3.70. The van der Waals surface area contributed by atoms with Crippen molar-refractivity contribution in [3.05, 3.63) is 70.4 Å². The van der Waals surface area contributed by atoms with Gasteiger partial charge in [0, 0.05) is 12.6 Å². The van der Waals surface area contributed by atoms with E-state index in [1.54, 1.807) is 23.6 Å². The largest absolute Gasteiger partial charge is 0.493 e. The Morgan fingerprint density at radius 3 is 2.77 bits per heavy atom. The van der Waals surface area contributed by atoms with Crippen molar-refractivity contribution in [2.24, 2.45) is 7.05 Å². The van der Waals surface area contributed by atoms with Crippen molar-refractivity contribution in [1.82, 2.24) is 9.78 Å². The van der Waals surface area contributed by atoms with E-state index in [1.165, 1.54) is 5.56 Å². The second-order valence-corrected chi connectivity index (χ2v) is 8.43. The monoisotopic (exact) mass is 423 g/mol. The molecule has 1 aliphatic heterocycles. The standard InChI is InChI=1S/C23H25N3O3S/c1-14-7-5-6-8-17(14)12-29-18-10-9-16(11-19(18)28-4)22-21-15(2)25-26(3)23(21)24-20(27)13-30-22/h5-11,22H,12-13H2,1-4H3,(H,24,27)/t22-/m1/s1. The van der Waals surface area contributed by atoms with E-state index in [1.807, 2.05) is 44.3 Å². The molecule has 156 valence electrons. The van der Waals surface area contributed by atoms with Gasteiger partial charge in [-0.15, -0.1) is 11.8 Å². The lowest BCUT2D eigenvalue weighted by molar-refractivity contribution is -0.113. The normalized spacial score (nSPS) is 15.9. The van der Waals surface area contributed by atoms with Crippen molar-refractivity contribution in [2.45, 2.75) is 25.7 Å². The predicted octanol–water partition coefficient (Wildman–Crippen LogP) is 4.40. The number of nitrogens with one attached hydrogen (secondary N) is 1. The molecular formula is C23H25N3O3S. The summed E-state index contributed by atoms with van der Waals surface area (Å²) in [7, 11) is 3.49. The van der Waals surface area contributed by atoms with Gasteiger partial charge in [-0.25, -0.2) is 0 Å². The second kappa shape index (κ2) is 8.44. The van der Waals surface area contributed by atoms with Crippen LogP contribution >= 0.6 is 11.8 Å². The van der Waals surface area contributed by atoms with Gasteiger partial charge in [-0.3, -0.25) is 9.48 Å². The third-order valence-electron chi connectivity index (χ3n) is 5.30. The van der Waals surface area contributed by atoms with Crippen molar-refractivity contribution in [1.29, 1.82) is 0 Å². The Morgan fingerprint density at radius 2 is 2.00 bits per heavy atom. The van der Waals surface area contributed by atoms with E-state index in [0.29, 0.717) is 23.9 Å². The molecule has 0 aliphatic carbocycles. The van der Waals surface area contributed by atoms with Crippen LogP contribution < -0.4 is 14.8 Å². The van der Waals surface area contributed by atoms with E-state index in [4.69, 9.17) is 9.47 Å². The number of hydrogen-bond donors (Lipinski definition) is 1. The minimum Gasteiger partial charge on any atom is -0.493 e. The molecule has 6 nitrogen and oxygen atoms in total. The van der Waals surface area contributed by atoms with Crippen LogP contribution in [0.25, 0.3) is 0 Å². The molecule has 0 saturated carbocycles. The lowest BCUT2D eigenvalue weighted by Crippen LogP contribution is -2.15. The first-order valence-electron chi connectivity index (χ1n) is 9.78. The van der Waals surface area contributed by atoms with Crippen molar-refractivity contribution >= 4 is 23.5 Å². The number of nitrogens with zero attached hydrogens (tertiary/aromatic N) is 2. The summed E-state index contributed by atoms with van der Waals surface area (Å²) >= 11 is 1.59. The molecule has 0 unspecified atom stereocenters. The van der Waals surface area contributed by atoms with Gasteiger partial charge in [0.25, 0.3) is 0 Å². The molecule has 1 aliphatic rings. The van der Waals surface area contributed by atoms with Crippen LogP contribution in [0.4, 0.5) is 5.82 Å². The van der Waals surface area contributed by atoms with Gasteiger partial charge in [0.2, 0.25) is 5.91 Å². The quantitative estimate of drug-likeness (QED) is 0.659. The number of hydrogen-bond acceptors (Lipinski definition) is 5. The number of ether oxygens (including phenoxy) is 2. The van der Waals surface area contributed by atoms with E-state index in [-0.39, 0.29) is 11.2 Å². The Kier molecular flexibility index (Phi) is 5.72. The fraction of sp³-hybridized carbons (Fsp3) is 0.304. The number of rotatable bonds is 5. The maximum absolute atomic E-state index is 12.2. The molecule has 1 N–H and O–H groups in total. The van der Waals surface area contributed by atoms with Crippen molar-refractivity contribution in [2.75, 3.05) is 18.2 Å². The number of thioether (sulfide) groups is 1. The molecule has 0 spiro atoms. The van der Waals surface area contributed by atoms with Crippen molar-refractivity contribution in [3.63, 3.8) is 0 Å². The maximum atomic E-state index is 12.2. The zero-order valence-corrected chi connectivity index (χ0v) is 18.4. The van der Waals surface area contributed by atoms with Crippen LogP contribution in [-0.2, 0) is 18.4 Å². The Morgan fingerprint density at radius 1 is 1.20 bits per heavy atom. The molecule has 2 heterocycles. The Balaban J connectivity index is 1.64. The second-order valence-electron chi connectivity index (χ2n) is 7.34. The van der Waals surface area contributed by atoms with Crippen LogP contribution in [0.1, 0.15) is 33.2 Å². The molecule has 30 heavy (non-hydrogen) atoms. The molecule has 7 heteroatoms. The summed E-state index contributed by atoms with van der Waals surface area (Å²) in [4.78, 5) is 12.2. The van der Waals surface area contributed by atoms with E-state index in [2.05, 4.69) is 29.5 Å². The first-order valence-corrected chi connectivity index (χ1v) is 10.8. The smallest absolute Gasteiger partial charge is 0.235 e. The number of carbonyl (C=O) groups excluding carboxylic acids is 1. The van der Waals surface area contributed by atoms with Gasteiger partial charge in [-0.05, 0) is 42.7 Å². The minimum atomic E-state index is -0.0213. The first kappa shape index (κ1) is 20.3. The summed E-state index contributed by atoms with van der Waals surface area (Å²) in [6.07, 6.45) is 0. The highest BCUT2D eigenvalue weighted by molar-refractivity contribution is 8.00. The van der Waals surface area contributed by atoms with E-state index >= 15 is 0 Å². The molecule has 0 bridgehead atoms. The molecule has 1 amide bonds. The number of anilines is 1. The van der Waals surface area contributed by atoms with Gasteiger partial charge < -0.3 is 14.8 Å². The van der Waals surface area contributed by atoms with Crippen LogP contribution in [0, 0.1) is 13.8 Å². The minimum absolute atomic E-state index is 0.0168. The van der Waals surface area contributed by atoms with Crippen molar-refractivity contribution < 1.29 is 14.3 Å². The predicted molar refractivity (Wildman–Crippen MR) is 119 cm³/mol. The Labute approximate surface area is 180 Å². The first-order chi connectivity index (χ1) is 14.5. The number of methoxy groups -OCH3 is 1. The highest BCUT2D eigenvalue weighted by Crippen LogP contribution is 2.44. The van der Waals surface area contributed by atoms with E-state index in [9.17, 15) is 4.79 Å². The van der Waals surface area contributed by atoms with Gasteiger partial charge >= 0.3 is 0 Å². The Bertz CT molecular complexity index is 1090. The van der Waals surface area contributed by atoms with Gasteiger partial charge in [0.1, 0.15) is 12.4 Å². The SMILES string of the molecule is COc1cc([C@H]2SCC(=O)Nc3c2c(C)nn3C)ccc1OCc1ccccc1C. The number of aryl methyl sites for hydroxylation is 3. The average molecular weight is 424 g/mol. The fourth-order valence-corrected chi connectivity index (χ4v) is 4.88. The van der Waals surface area contributed by atoms with Crippen LogP contribution in [0.3, 0.4) is 0 Å². The highest BCUT2D eigenvalue weighted by atomic mass is 32.2. The third kappa shape index (κ3) is 3.89. The summed E-state index contributed by atoms with van der Waals surface area (Å²) in [5.41, 5.74) is 5.33. The molecular weight excluding hydrogens is 398 g/mol. The zero-order chi connectivity index (χ0) is 21.3. The molecule has 1 atom stereocenters. The van der Waals surface area contributed by atoms with Crippen LogP contribution in [-0.4, -0.2) is 28.6 Å². The van der Waals surface area contributed by atoms with Crippen molar-refractivity contribution in [3.8, 4) is 11.5 Å². The zero-order valence-electron chi connectivity index (χ0n) is 17.6. The topological polar surface area (TPSA) is 65.4 Å². The van der Waals surface area contributed by atoms with E-state index < -0.39 is 0 Å². The molecule has 0 radical (unpaired) electrons. The summed E-state index contributed by atoms with van der Waals surface area (Å²) < 4.78 is 13.4. The summed E-state index contributed by atoms with van der Waals surface area (Å²) in [5.74, 6) is 2.49. The number of fused-ring (bicyclic) bond motifs is 1. The van der Waals surface area contributed by atoms with Gasteiger partial charge in [0.05, 0.1) is 23.8 Å². The van der Waals surface area contributed by atoms with Gasteiger partial charge in [-0.2, -0.15) is 5.10 Å². The summed E-state index contributed by atoms with van der Waals surface area (Å²) in [6.45, 7) is 4.52. The van der Waals surface area contributed by atoms with Crippen LogP contribution in [0.2, 0.25) is 0 Å².